The van der Waals surface area contributed by atoms with Gasteiger partial charge >= 0.3 is 0 Å². The van der Waals surface area contributed by atoms with Crippen molar-refractivity contribution >= 4 is 17.8 Å². The third-order valence-corrected chi connectivity index (χ3v) is 4.49. The van der Waals surface area contributed by atoms with Crippen molar-refractivity contribution in [2.75, 3.05) is 19.4 Å². The van der Waals surface area contributed by atoms with Gasteiger partial charge in [-0.25, -0.2) is 0 Å². The first-order valence-electron chi connectivity index (χ1n) is 7.21. The Morgan fingerprint density at radius 3 is 2.15 bits per heavy atom. The lowest BCUT2D eigenvalue weighted by Gasteiger charge is -2.16. The summed E-state index contributed by atoms with van der Waals surface area (Å²) in [6.07, 6.45) is 1.89. The van der Waals surface area contributed by atoms with E-state index in [0.717, 1.165) is 43.4 Å². The standard InChI is InChI=1S/C15H26O3Si2/c1-5-18-19-12-6-11-16-14-7-9-15(10-8-14)17-13-20(2,3)4/h7-10H,5-6,11-13H2,1-4H3. The van der Waals surface area contributed by atoms with Crippen molar-refractivity contribution in [3.8, 4) is 11.5 Å². The molecule has 112 valence electrons. The molecule has 0 fully saturated rings. The van der Waals surface area contributed by atoms with Gasteiger partial charge in [-0.3, -0.25) is 0 Å². The van der Waals surface area contributed by atoms with Gasteiger partial charge in [0.2, 0.25) is 9.76 Å². The van der Waals surface area contributed by atoms with Crippen molar-refractivity contribution in [3.05, 3.63) is 24.3 Å². The molecule has 0 aliphatic rings. The van der Waals surface area contributed by atoms with E-state index in [1.54, 1.807) is 0 Å². The molecule has 0 atom stereocenters. The minimum Gasteiger partial charge on any atom is -0.497 e. The quantitative estimate of drug-likeness (QED) is 0.486. The molecule has 0 saturated heterocycles. The Labute approximate surface area is 126 Å². The lowest BCUT2D eigenvalue weighted by Crippen LogP contribution is -2.29. The van der Waals surface area contributed by atoms with Crippen LogP contribution in [-0.4, -0.2) is 37.3 Å². The molecule has 20 heavy (non-hydrogen) atoms. The van der Waals surface area contributed by atoms with E-state index in [9.17, 15) is 0 Å². The van der Waals surface area contributed by atoms with Crippen molar-refractivity contribution in [1.82, 2.24) is 0 Å². The van der Waals surface area contributed by atoms with Gasteiger partial charge in [0.25, 0.3) is 0 Å². The van der Waals surface area contributed by atoms with Crippen LogP contribution in [0.1, 0.15) is 13.3 Å². The second-order valence-corrected chi connectivity index (χ2v) is 12.3. The van der Waals surface area contributed by atoms with Crippen LogP contribution in [0.5, 0.6) is 11.5 Å². The molecular weight excluding hydrogens is 284 g/mol. The van der Waals surface area contributed by atoms with Crippen molar-refractivity contribution < 1.29 is 13.9 Å². The molecule has 1 rings (SSSR count). The van der Waals surface area contributed by atoms with Crippen LogP contribution in [0.4, 0.5) is 0 Å². The number of ether oxygens (including phenoxy) is 2. The molecule has 0 unspecified atom stereocenters. The number of rotatable bonds is 10. The van der Waals surface area contributed by atoms with E-state index >= 15 is 0 Å². The molecule has 0 aromatic heterocycles. The molecule has 0 bridgehead atoms. The van der Waals surface area contributed by atoms with E-state index in [0.29, 0.717) is 9.76 Å². The van der Waals surface area contributed by atoms with Gasteiger partial charge in [0.15, 0.2) is 0 Å². The van der Waals surface area contributed by atoms with Gasteiger partial charge in [-0.2, -0.15) is 0 Å². The fourth-order valence-corrected chi connectivity index (χ4v) is 2.68. The van der Waals surface area contributed by atoms with Gasteiger partial charge in [-0.1, -0.05) is 19.6 Å². The highest BCUT2D eigenvalue weighted by atomic mass is 28.3. The maximum atomic E-state index is 5.79. The van der Waals surface area contributed by atoms with Gasteiger partial charge < -0.3 is 13.9 Å². The predicted octanol–water partition coefficient (Wildman–Crippen LogP) is 3.79. The van der Waals surface area contributed by atoms with Crippen LogP contribution in [-0.2, 0) is 4.43 Å². The van der Waals surface area contributed by atoms with Crippen molar-refractivity contribution in [1.29, 1.82) is 0 Å². The SMILES string of the molecule is CCO[Si]CCCOc1ccc(OC[Si](C)(C)C)cc1. The van der Waals surface area contributed by atoms with E-state index < -0.39 is 8.07 Å². The third kappa shape index (κ3) is 8.40. The zero-order valence-electron chi connectivity index (χ0n) is 13.1. The van der Waals surface area contributed by atoms with Gasteiger partial charge in [0, 0.05) is 6.61 Å². The molecule has 0 spiro atoms. The molecule has 0 heterocycles. The van der Waals surface area contributed by atoms with Crippen LogP contribution in [0.3, 0.4) is 0 Å². The predicted molar refractivity (Wildman–Crippen MR) is 87.6 cm³/mol. The topological polar surface area (TPSA) is 27.7 Å². The summed E-state index contributed by atoms with van der Waals surface area (Å²) in [4.78, 5) is 0. The first-order chi connectivity index (χ1) is 9.51. The second-order valence-electron chi connectivity index (χ2n) is 5.85. The number of benzene rings is 1. The van der Waals surface area contributed by atoms with Crippen LogP contribution in [0.15, 0.2) is 24.3 Å². The largest absolute Gasteiger partial charge is 0.497 e. The fourth-order valence-electron chi connectivity index (χ4n) is 1.44. The fraction of sp³-hybridized carbons (Fsp3) is 0.600. The van der Waals surface area contributed by atoms with Crippen LogP contribution < -0.4 is 9.47 Å². The Hall–Kier alpha value is -0.786. The highest BCUT2D eigenvalue weighted by molar-refractivity contribution is 6.76. The van der Waals surface area contributed by atoms with Crippen LogP contribution in [0.2, 0.25) is 25.7 Å². The zero-order valence-corrected chi connectivity index (χ0v) is 15.1. The average molecular weight is 311 g/mol. The Balaban J connectivity index is 2.21. The summed E-state index contributed by atoms with van der Waals surface area (Å²) < 4.78 is 16.8. The Kier molecular flexibility index (Phi) is 7.95. The van der Waals surface area contributed by atoms with Gasteiger partial charge in [-0.15, -0.1) is 0 Å². The molecule has 0 saturated carbocycles. The minimum atomic E-state index is -1.16. The van der Waals surface area contributed by atoms with Crippen molar-refractivity contribution in [2.45, 2.75) is 39.0 Å². The maximum absolute atomic E-state index is 5.79. The Morgan fingerprint density at radius 1 is 1.00 bits per heavy atom. The van der Waals surface area contributed by atoms with Crippen LogP contribution in [0, 0.1) is 0 Å². The van der Waals surface area contributed by atoms with E-state index in [1.165, 1.54) is 0 Å². The van der Waals surface area contributed by atoms with E-state index in [4.69, 9.17) is 13.9 Å². The summed E-state index contributed by atoms with van der Waals surface area (Å²) in [5.74, 6) is 1.84. The Morgan fingerprint density at radius 2 is 1.60 bits per heavy atom. The van der Waals surface area contributed by atoms with E-state index in [2.05, 4.69) is 19.6 Å². The zero-order chi connectivity index (χ0) is 14.8. The molecule has 0 aliphatic heterocycles. The monoisotopic (exact) mass is 310 g/mol. The summed E-state index contributed by atoms with van der Waals surface area (Å²) >= 11 is 0. The third-order valence-electron chi connectivity index (χ3n) is 2.43. The lowest BCUT2D eigenvalue weighted by molar-refractivity contribution is 0.310. The number of hydrogen-bond acceptors (Lipinski definition) is 3. The molecule has 5 heteroatoms. The summed E-state index contributed by atoms with van der Waals surface area (Å²) in [6.45, 7) is 10.5. The molecule has 0 N–H and O–H groups in total. The first-order valence-corrected chi connectivity index (χ1v) is 12.0. The number of hydrogen-bond donors (Lipinski definition) is 0. The van der Waals surface area contributed by atoms with Gasteiger partial charge in [-0.05, 0) is 43.7 Å². The molecule has 1 aromatic carbocycles. The second kappa shape index (κ2) is 9.21. The van der Waals surface area contributed by atoms with Gasteiger partial charge in [0.1, 0.15) is 11.5 Å². The summed E-state index contributed by atoms with van der Waals surface area (Å²) in [5, 5.41) is 0. The van der Waals surface area contributed by atoms with Crippen LogP contribution in [0.25, 0.3) is 0 Å². The smallest absolute Gasteiger partial charge is 0.229 e. The normalized spacial score (nSPS) is 11.4. The Bertz CT molecular complexity index is 360. The van der Waals surface area contributed by atoms with Crippen LogP contribution >= 0.6 is 0 Å². The molecular formula is C15H26O3Si2. The first kappa shape index (κ1) is 17.3. The average Bonchev–Trinajstić information content (AvgIpc) is 2.41. The summed E-state index contributed by atoms with van der Waals surface area (Å²) in [7, 11) is -0.559. The molecule has 1 aromatic rings. The highest BCUT2D eigenvalue weighted by Gasteiger charge is 2.13. The lowest BCUT2D eigenvalue weighted by atomic mass is 10.3. The minimum absolute atomic E-state index is 0.596. The maximum Gasteiger partial charge on any atom is 0.229 e. The highest BCUT2D eigenvalue weighted by Crippen LogP contribution is 2.18. The molecule has 0 aliphatic carbocycles. The van der Waals surface area contributed by atoms with Crippen molar-refractivity contribution in [3.63, 3.8) is 0 Å². The molecule has 2 radical (unpaired) electrons. The van der Waals surface area contributed by atoms with E-state index in [-0.39, 0.29) is 0 Å². The summed E-state index contributed by atoms with van der Waals surface area (Å²) in [5.41, 5.74) is 0. The molecule has 0 amide bonds. The van der Waals surface area contributed by atoms with Gasteiger partial charge in [0.05, 0.1) is 20.9 Å². The molecule has 3 nitrogen and oxygen atoms in total. The summed E-state index contributed by atoms with van der Waals surface area (Å²) in [6, 6.07) is 8.99. The van der Waals surface area contributed by atoms with E-state index in [1.807, 2.05) is 31.2 Å². The van der Waals surface area contributed by atoms with Crippen molar-refractivity contribution in [2.24, 2.45) is 0 Å².